The van der Waals surface area contributed by atoms with Crippen molar-refractivity contribution in [1.82, 2.24) is 30.6 Å². The maximum absolute atomic E-state index is 5.25. The Kier molecular flexibility index (Phi) is 10.9. The number of nitrogens with zero attached hydrogens (tertiary/aromatic N) is 4. The van der Waals surface area contributed by atoms with Crippen molar-refractivity contribution in [3.8, 4) is 0 Å². The van der Waals surface area contributed by atoms with Gasteiger partial charge >= 0.3 is 16.8 Å². The van der Waals surface area contributed by atoms with Crippen LogP contribution in [0.25, 0.3) is 44.4 Å². The van der Waals surface area contributed by atoms with Gasteiger partial charge in [-0.05, 0) is 116 Å². The minimum atomic E-state index is 0. The summed E-state index contributed by atoms with van der Waals surface area (Å²) in [7, 11) is 4.03. The molecule has 3 aromatic rings. The minimum Gasteiger partial charge on any atom is -0.657 e. The summed E-state index contributed by atoms with van der Waals surface area (Å²) in [6.45, 7) is 15.2. The van der Waals surface area contributed by atoms with Gasteiger partial charge in [0.15, 0.2) is 0 Å². The SMILES string of the molecule is CCC1=C(C)c2cc3[n-]c(cc4nc(cc5[n-]c(cc1n2)c(C)c5CCCNC)C(CCCNC)=C4C)c(C)c3CC.[Co+2]. The average molecular weight is 622 g/mol. The largest absolute Gasteiger partial charge is 2.00 e. The molecule has 0 saturated heterocycles. The molecule has 5 rings (SSSR count). The van der Waals surface area contributed by atoms with E-state index in [0.717, 1.165) is 96.5 Å². The van der Waals surface area contributed by atoms with Crippen molar-refractivity contribution in [2.24, 2.45) is 0 Å². The monoisotopic (exact) mass is 621 g/mol. The van der Waals surface area contributed by atoms with Gasteiger partial charge < -0.3 is 20.6 Å². The number of aromatic nitrogens is 4. The molecular weight excluding hydrogens is 575 g/mol. The molecular formula is C36H46CoN6. The van der Waals surface area contributed by atoms with E-state index in [1.165, 1.54) is 44.5 Å². The second kappa shape index (κ2) is 14.2. The second-order valence-corrected chi connectivity index (χ2v) is 11.6. The van der Waals surface area contributed by atoms with Crippen LogP contribution in [-0.2, 0) is 29.6 Å². The Labute approximate surface area is 267 Å². The van der Waals surface area contributed by atoms with Crippen molar-refractivity contribution in [2.75, 3.05) is 27.2 Å². The fourth-order valence-corrected chi connectivity index (χ4v) is 6.48. The van der Waals surface area contributed by atoms with Gasteiger partial charge in [0, 0.05) is 0 Å². The summed E-state index contributed by atoms with van der Waals surface area (Å²) in [6.07, 6.45) is 5.91. The summed E-state index contributed by atoms with van der Waals surface area (Å²) in [5.41, 5.74) is 18.3. The molecule has 7 heteroatoms. The zero-order valence-electron chi connectivity index (χ0n) is 27.1. The molecule has 0 aliphatic carbocycles. The van der Waals surface area contributed by atoms with Gasteiger partial charge in [-0.3, -0.25) is 0 Å². The first-order valence-electron chi connectivity index (χ1n) is 15.6. The molecule has 0 unspecified atom stereocenters. The average Bonchev–Trinajstić information content (AvgIpc) is 3.63. The van der Waals surface area contributed by atoms with Crippen molar-refractivity contribution >= 4 is 44.4 Å². The van der Waals surface area contributed by atoms with Gasteiger partial charge in [0.1, 0.15) is 0 Å². The van der Waals surface area contributed by atoms with Crippen molar-refractivity contribution in [3.05, 3.63) is 69.3 Å². The minimum absolute atomic E-state index is 0. The fourth-order valence-electron chi connectivity index (χ4n) is 6.48. The van der Waals surface area contributed by atoms with Crippen LogP contribution >= 0.6 is 0 Å². The van der Waals surface area contributed by atoms with E-state index >= 15 is 0 Å². The Hall–Kier alpha value is -2.97. The molecule has 0 saturated carbocycles. The van der Waals surface area contributed by atoms with E-state index in [4.69, 9.17) is 19.9 Å². The Morgan fingerprint density at radius 2 is 1.05 bits per heavy atom. The number of nitrogens with one attached hydrogen (secondary N) is 2. The number of allylic oxidation sites excluding steroid dienone is 4. The van der Waals surface area contributed by atoms with E-state index in [1.54, 1.807) is 0 Å². The standard InChI is InChI=1S/C36H46N6.Co/c1-9-25-21(3)29-17-30-23(5)27(13-11-15-37-7)35(41-30)20-36-28(14-12-16-38-8)24(6)32(42-36)19-34-26(10-2)22(4)31(40-34)18-33(25)39-29;/h17-20,37-38H,9-16H2,1-8H3;/q-2;+2. The van der Waals surface area contributed by atoms with Crippen LogP contribution in [0.1, 0.15) is 98.4 Å². The van der Waals surface area contributed by atoms with Crippen LogP contribution in [0.15, 0.2) is 24.3 Å². The maximum Gasteiger partial charge on any atom is 2.00 e. The van der Waals surface area contributed by atoms with Crippen LogP contribution < -0.4 is 20.6 Å². The summed E-state index contributed by atoms with van der Waals surface area (Å²) in [5.74, 6) is 0. The molecule has 1 radical (unpaired) electrons. The molecule has 43 heavy (non-hydrogen) atoms. The molecule has 229 valence electrons. The van der Waals surface area contributed by atoms with E-state index in [9.17, 15) is 0 Å². The van der Waals surface area contributed by atoms with Crippen LogP contribution in [0.3, 0.4) is 0 Å². The molecule has 5 heterocycles. The van der Waals surface area contributed by atoms with E-state index in [2.05, 4.69) is 76.4 Å². The van der Waals surface area contributed by atoms with Crippen molar-refractivity contribution in [2.45, 2.75) is 80.1 Å². The van der Waals surface area contributed by atoms with Crippen molar-refractivity contribution in [3.63, 3.8) is 0 Å². The van der Waals surface area contributed by atoms with Crippen molar-refractivity contribution in [1.29, 1.82) is 0 Å². The number of hydrogen-bond acceptors (Lipinski definition) is 4. The Morgan fingerprint density at radius 3 is 1.63 bits per heavy atom. The van der Waals surface area contributed by atoms with Gasteiger partial charge in [-0.2, -0.15) is 0 Å². The van der Waals surface area contributed by atoms with Gasteiger partial charge in [0.2, 0.25) is 0 Å². The van der Waals surface area contributed by atoms with Gasteiger partial charge in [0.25, 0.3) is 0 Å². The van der Waals surface area contributed by atoms with Crippen LogP contribution in [-0.4, -0.2) is 37.2 Å². The van der Waals surface area contributed by atoms with E-state index in [0.29, 0.717) is 0 Å². The van der Waals surface area contributed by atoms with Gasteiger partial charge in [-0.15, -0.1) is 22.1 Å². The van der Waals surface area contributed by atoms with Crippen LogP contribution in [0.5, 0.6) is 0 Å². The molecule has 3 aromatic heterocycles. The smallest absolute Gasteiger partial charge is 0.657 e. The number of rotatable bonds is 10. The van der Waals surface area contributed by atoms with Crippen LogP contribution in [0.2, 0.25) is 0 Å². The number of fused-ring (bicyclic) bond motifs is 8. The molecule has 0 spiro atoms. The summed E-state index contributed by atoms with van der Waals surface area (Å²) in [4.78, 5) is 20.8. The van der Waals surface area contributed by atoms with E-state index in [1.807, 2.05) is 14.1 Å². The maximum atomic E-state index is 5.25. The summed E-state index contributed by atoms with van der Waals surface area (Å²) in [6, 6.07) is 8.82. The number of hydrogen-bond donors (Lipinski definition) is 2. The van der Waals surface area contributed by atoms with Crippen molar-refractivity contribution < 1.29 is 16.8 Å². The predicted molar refractivity (Wildman–Crippen MR) is 178 cm³/mol. The quantitative estimate of drug-likeness (QED) is 0.234. The third-order valence-electron chi connectivity index (χ3n) is 9.06. The van der Waals surface area contributed by atoms with Crippen LogP contribution in [0, 0.1) is 13.8 Å². The van der Waals surface area contributed by atoms with Crippen LogP contribution in [0.4, 0.5) is 0 Å². The first kappa shape index (κ1) is 32.9. The first-order chi connectivity index (χ1) is 20.3. The van der Waals surface area contributed by atoms with Gasteiger partial charge in [-0.1, -0.05) is 60.4 Å². The molecule has 2 N–H and O–H groups in total. The Morgan fingerprint density at radius 1 is 0.581 bits per heavy atom. The molecule has 0 aromatic carbocycles. The zero-order chi connectivity index (χ0) is 30.0. The zero-order valence-corrected chi connectivity index (χ0v) is 28.1. The topological polar surface area (TPSA) is 78.0 Å². The normalized spacial score (nSPS) is 13.2. The van der Waals surface area contributed by atoms with E-state index in [-0.39, 0.29) is 16.8 Å². The Balaban J connectivity index is 0.00000423. The number of aryl methyl sites for hydroxylation is 4. The molecule has 2 aliphatic rings. The molecule has 0 fully saturated rings. The molecule has 6 nitrogen and oxygen atoms in total. The molecule has 2 aliphatic heterocycles. The van der Waals surface area contributed by atoms with Gasteiger partial charge in [-0.25, -0.2) is 9.97 Å². The molecule has 0 amide bonds. The fraction of sp³-hybridized carbons (Fsp3) is 0.444. The molecule has 8 bridgehead atoms. The predicted octanol–water partition coefficient (Wildman–Crippen LogP) is 7.17. The molecule has 0 atom stereocenters. The summed E-state index contributed by atoms with van der Waals surface area (Å²) in [5, 5.41) is 6.61. The first-order valence-corrected chi connectivity index (χ1v) is 15.6. The second-order valence-electron chi connectivity index (χ2n) is 11.6. The van der Waals surface area contributed by atoms with E-state index < -0.39 is 0 Å². The third kappa shape index (κ3) is 6.46. The Bertz CT molecular complexity index is 1720. The summed E-state index contributed by atoms with van der Waals surface area (Å²) >= 11 is 0. The summed E-state index contributed by atoms with van der Waals surface area (Å²) < 4.78 is 0. The third-order valence-corrected chi connectivity index (χ3v) is 9.06. The van der Waals surface area contributed by atoms with Gasteiger partial charge in [0.05, 0.1) is 22.8 Å².